The number of hydrogen-bond donors (Lipinski definition) is 0. The zero-order valence-electron chi connectivity index (χ0n) is 8.07. The van der Waals surface area contributed by atoms with Gasteiger partial charge in [0.2, 0.25) is 5.91 Å². The maximum atomic E-state index is 11.0. The van der Waals surface area contributed by atoms with Gasteiger partial charge in [-0.05, 0) is 10.3 Å². The van der Waals surface area contributed by atoms with Crippen LogP contribution in [0, 0.1) is 0 Å². The summed E-state index contributed by atoms with van der Waals surface area (Å²) >= 11 is 0. The highest BCUT2D eigenvalue weighted by molar-refractivity contribution is 7.69. The second-order valence-corrected chi connectivity index (χ2v) is 4.88. The summed E-state index contributed by atoms with van der Waals surface area (Å²) in [5, 5.41) is 0.751. The van der Waals surface area contributed by atoms with Gasteiger partial charge in [0.1, 0.15) is 0 Å². The molecule has 0 radical (unpaired) electrons. The Hall–Kier alpha value is -0.750. The molecule has 0 aliphatic carbocycles. The average molecular weight is 218 g/mol. The fourth-order valence-corrected chi connectivity index (χ4v) is 2.93. The predicted octanol–water partition coefficient (Wildman–Crippen LogP) is 0.219. The molecular formula is C7H12N3OS2+. The minimum absolute atomic E-state index is 0.00635. The van der Waals surface area contributed by atoms with Crippen molar-refractivity contribution < 1.29 is 4.79 Å². The van der Waals surface area contributed by atoms with E-state index in [0.717, 1.165) is 9.93 Å². The van der Waals surface area contributed by atoms with Crippen molar-refractivity contribution in [2.45, 2.75) is 6.92 Å². The molecule has 1 aromatic rings. The summed E-state index contributed by atoms with van der Waals surface area (Å²) in [5.74, 6) is 0.00635. The van der Waals surface area contributed by atoms with Gasteiger partial charge in [0, 0.05) is 29.3 Å². The van der Waals surface area contributed by atoms with E-state index in [4.69, 9.17) is 0 Å². The molecule has 0 aromatic carbocycles. The van der Waals surface area contributed by atoms with Crippen LogP contribution in [0.3, 0.4) is 0 Å². The average Bonchev–Trinajstić information content (AvgIpc) is 2.50. The van der Waals surface area contributed by atoms with Crippen LogP contribution in [0.15, 0.2) is 0 Å². The Balaban J connectivity index is 3.06. The first-order chi connectivity index (χ1) is 6.02. The van der Waals surface area contributed by atoms with Gasteiger partial charge in [-0.25, -0.2) is 0 Å². The van der Waals surface area contributed by atoms with E-state index in [1.165, 1.54) is 17.3 Å². The molecular weight excluding hydrogens is 206 g/mol. The Morgan fingerprint density at radius 3 is 2.46 bits per heavy atom. The Morgan fingerprint density at radius 2 is 2.08 bits per heavy atom. The van der Waals surface area contributed by atoms with Crippen molar-refractivity contribution in [1.29, 1.82) is 0 Å². The first kappa shape index (κ1) is 10.3. The van der Waals surface area contributed by atoms with Crippen LogP contribution < -0.4 is 14.3 Å². The molecule has 0 fully saturated rings. The van der Waals surface area contributed by atoms with Crippen molar-refractivity contribution in [3.8, 4) is 0 Å². The molecule has 0 bridgehead atoms. The van der Waals surface area contributed by atoms with Crippen molar-refractivity contribution in [2.75, 3.05) is 26.0 Å². The minimum Gasteiger partial charge on any atom is -0.275 e. The fourth-order valence-electron chi connectivity index (χ4n) is 0.634. The lowest BCUT2D eigenvalue weighted by Crippen LogP contribution is -2.25. The highest BCUT2D eigenvalue weighted by Crippen LogP contribution is 2.16. The molecule has 6 heteroatoms. The molecule has 4 nitrogen and oxygen atoms in total. The lowest BCUT2D eigenvalue weighted by molar-refractivity contribution is -0.116. The summed E-state index contributed by atoms with van der Waals surface area (Å²) in [6, 6.07) is 0. The van der Waals surface area contributed by atoms with Gasteiger partial charge in [0.15, 0.2) is 0 Å². The standard InChI is InChI=1S/C7H12N3OS2/c1-5(11)10(4)7-8-6(9(2)3)12-13-7/h1-4H3/q+1. The van der Waals surface area contributed by atoms with Crippen LogP contribution in [0.2, 0.25) is 0 Å². The summed E-state index contributed by atoms with van der Waals surface area (Å²) in [7, 11) is 8.67. The van der Waals surface area contributed by atoms with Gasteiger partial charge in [-0.1, -0.05) is 0 Å². The van der Waals surface area contributed by atoms with Gasteiger partial charge in [0.05, 0.1) is 14.1 Å². The topological polar surface area (TPSA) is 36.2 Å². The van der Waals surface area contributed by atoms with Crippen molar-refractivity contribution in [3.05, 3.63) is 4.80 Å². The van der Waals surface area contributed by atoms with Crippen LogP contribution in [0.25, 0.3) is 0 Å². The van der Waals surface area contributed by atoms with Crippen molar-refractivity contribution in [2.24, 2.45) is 0 Å². The number of amides is 1. The van der Waals surface area contributed by atoms with Crippen LogP contribution in [0.5, 0.6) is 0 Å². The highest BCUT2D eigenvalue weighted by Gasteiger charge is 2.15. The number of hydrogen-bond acceptors (Lipinski definition) is 4. The van der Waals surface area contributed by atoms with E-state index < -0.39 is 0 Å². The number of nitrogens with zero attached hydrogens (tertiary/aromatic N) is 3. The molecule has 0 spiro atoms. The van der Waals surface area contributed by atoms with Gasteiger partial charge >= 0.3 is 9.93 Å². The van der Waals surface area contributed by atoms with Crippen LogP contribution in [-0.4, -0.2) is 32.0 Å². The normalized spacial score (nSPS) is 9.85. The predicted molar refractivity (Wildman–Crippen MR) is 56.2 cm³/mol. The van der Waals surface area contributed by atoms with Gasteiger partial charge in [-0.15, -0.1) is 0 Å². The van der Waals surface area contributed by atoms with E-state index in [2.05, 4.69) is 4.98 Å². The van der Waals surface area contributed by atoms with E-state index in [0.29, 0.717) is 0 Å². The minimum atomic E-state index is 0.00635. The smallest absolute Gasteiger partial charge is 0.275 e. The first-order valence-electron chi connectivity index (χ1n) is 3.74. The molecule has 1 amide bonds. The molecule has 1 heterocycles. The zero-order valence-corrected chi connectivity index (χ0v) is 9.70. The molecule has 0 aliphatic heterocycles. The van der Waals surface area contributed by atoms with Gasteiger partial charge < -0.3 is 0 Å². The van der Waals surface area contributed by atoms with Gasteiger partial charge in [0.25, 0.3) is 0 Å². The van der Waals surface area contributed by atoms with Crippen LogP contribution in [0.4, 0.5) is 5.13 Å². The highest BCUT2D eigenvalue weighted by atomic mass is 32.9. The van der Waals surface area contributed by atoms with E-state index >= 15 is 0 Å². The fraction of sp³-hybridized carbons (Fsp3) is 0.571. The van der Waals surface area contributed by atoms with Gasteiger partial charge in [-0.3, -0.25) is 14.3 Å². The molecule has 0 saturated heterocycles. The first-order valence-corrected chi connectivity index (χ1v) is 5.89. The summed E-state index contributed by atoms with van der Waals surface area (Å²) in [4.78, 5) is 17.8. The molecule has 0 saturated carbocycles. The molecule has 1 rings (SSSR count). The molecule has 1 aromatic heterocycles. The Morgan fingerprint density at radius 1 is 1.46 bits per heavy atom. The monoisotopic (exact) mass is 218 g/mol. The SMILES string of the molecule is CC(=O)N(C)c1nc(=[N+](C)C)ss1. The number of rotatable bonds is 1. The third kappa shape index (κ3) is 2.35. The third-order valence-electron chi connectivity index (χ3n) is 1.52. The van der Waals surface area contributed by atoms with Gasteiger partial charge in [-0.2, -0.15) is 0 Å². The molecule has 0 atom stereocenters. The number of carbonyl (C=O) groups excluding carboxylic acids is 1. The third-order valence-corrected chi connectivity index (χ3v) is 3.87. The van der Waals surface area contributed by atoms with Crippen LogP contribution in [0.1, 0.15) is 6.92 Å². The van der Waals surface area contributed by atoms with Crippen molar-refractivity contribution >= 4 is 31.7 Å². The number of aromatic nitrogens is 1. The molecule has 13 heavy (non-hydrogen) atoms. The Kier molecular flexibility index (Phi) is 3.16. The maximum absolute atomic E-state index is 11.0. The van der Waals surface area contributed by atoms with Crippen LogP contribution in [-0.2, 0) is 4.79 Å². The van der Waals surface area contributed by atoms with Crippen LogP contribution >= 0.6 is 20.7 Å². The largest absolute Gasteiger partial charge is 0.390 e. The second kappa shape index (κ2) is 3.97. The quantitative estimate of drug-likeness (QED) is 0.499. The lowest BCUT2D eigenvalue weighted by atomic mass is 10.6. The Labute approximate surface area is 84.2 Å². The van der Waals surface area contributed by atoms with E-state index in [1.807, 2.05) is 18.7 Å². The molecule has 0 aliphatic rings. The zero-order chi connectivity index (χ0) is 10.0. The second-order valence-electron chi connectivity index (χ2n) is 2.82. The number of carbonyl (C=O) groups is 1. The summed E-state index contributed by atoms with van der Waals surface area (Å²) in [6.07, 6.45) is 0. The molecule has 0 N–H and O–H groups in total. The summed E-state index contributed by atoms with van der Waals surface area (Å²) in [5.41, 5.74) is 0. The lowest BCUT2D eigenvalue weighted by Gasteiger charge is -2.04. The maximum Gasteiger partial charge on any atom is 0.390 e. The van der Waals surface area contributed by atoms with E-state index in [9.17, 15) is 4.79 Å². The summed E-state index contributed by atoms with van der Waals surface area (Å²) < 4.78 is 1.93. The Bertz CT molecular complexity index is 375. The van der Waals surface area contributed by atoms with Crippen molar-refractivity contribution in [1.82, 2.24) is 9.56 Å². The van der Waals surface area contributed by atoms with E-state index in [1.54, 1.807) is 22.3 Å². The molecule has 72 valence electrons. The summed E-state index contributed by atoms with van der Waals surface area (Å²) in [6.45, 7) is 1.53. The van der Waals surface area contributed by atoms with Crippen molar-refractivity contribution in [3.63, 3.8) is 0 Å². The molecule has 0 unspecified atom stereocenters. The van der Waals surface area contributed by atoms with E-state index in [-0.39, 0.29) is 5.91 Å². The number of anilines is 1.